The molecule has 8 nitrogen and oxygen atoms in total. The molecule has 3 aliphatic heterocycles. The second-order valence-electron chi connectivity index (χ2n) is 9.79. The largest absolute Gasteiger partial charge is 0.462 e. The van der Waals surface area contributed by atoms with Crippen molar-refractivity contribution in [1.29, 1.82) is 0 Å². The van der Waals surface area contributed by atoms with Crippen LogP contribution in [0.5, 0.6) is 0 Å². The number of nitrogens with zero attached hydrogens (tertiary/aromatic N) is 4. The molecule has 1 N–H and O–H groups in total. The van der Waals surface area contributed by atoms with E-state index in [4.69, 9.17) is 4.74 Å². The number of rotatable bonds is 5. The lowest BCUT2D eigenvalue weighted by Gasteiger charge is -2.53. The summed E-state index contributed by atoms with van der Waals surface area (Å²) in [5, 5.41) is 15.4. The Labute approximate surface area is 218 Å². The van der Waals surface area contributed by atoms with Crippen molar-refractivity contribution < 1.29 is 32.6 Å². The van der Waals surface area contributed by atoms with Crippen molar-refractivity contribution in [2.24, 2.45) is 10.5 Å². The van der Waals surface area contributed by atoms with Crippen LogP contribution in [0.3, 0.4) is 0 Å². The number of aliphatic hydroxyl groups excluding tert-OH is 1. The van der Waals surface area contributed by atoms with E-state index < -0.39 is 23.1 Å². The Morgan fingerprint density at radius 1 is 1.18 bits per heavy atom. The highest BCUT2D eigenvalue weighted by Crippen LogP contribution is 2.49. The first-order valence-corrected chi connectivity index (χ1v) is 12.6. The SMILES string of the molecule is CCOC(=O)c1ccc(N2N=C(C)C3(Cc4cc(C(F)(F)F)ccc4N4CCN(CCO)CC43)C2=O)cc1. The predicted octanol–water partition coefficient (Wildman–Crippen LogP) is 3.33. The molecule has 1 amide bonds. The molecule has 1 spiro atoms. The number of hydrogen-bond donors (Lipinski definition) is 1. The van der Waals surface area contributed by atoms with E-state index in [1.54, 1.807) is 38.1 Å². The van der Waals surface area contributed by atoms with E-state index in [0.29, 0.717) is 54.4 Å². The molecule has 202 valence electrons. The van der Waals surface area contributed by atoms with Crippen molar-refractivity contribution in [3.8, 4) is 0 Å². The number of β-amino-alcohol motifs (C(OH)–C–C–N with tert-alkyl or cyclic N) is 1. The molecule has 3 heterocycles. The fourth-order valence-corrected chi connectivity index (χ4v) is 5.84. The number of fused-ring (bicyclic) bond motifs is 4. The molecule has 0 saturated carbocycles. The maximum Gasteiger partial charge on any atom is 0.416 e. The molecular weight excluding hydrogens is 501 g/mol. The van der Waals surface area contributed by atoms with E-state index >= 15 is 0 Å². The van der Waals surface area contributed by atoms with Crippen molar-refractivity contribution in [1.82, 2.24) is 4.90 Å². The Bertz CT molecular complexity index is 1280. The Balaban J connectivity index is 1.55. The summed E-state index contributed by atoms with van der Waals surface area (Å²) in [5.74, 6) is -0.808. The van der Waals surface area contributed by atoms with Crippen LogP contribution >= 0.6 is 0 Å². The molecule has 0 aliphatic carbocycles. The van der Waals surface area contributed by atoms with Crippen molar-refractivity contribution in [2.45, 2.75) is 32.5 Å². The molecule has 2 aromatic carbocycles. The van der Waals surface area contributed by atoms with Gasteiger partial charge in [0.1, 0.15) is 5.41 Å². The minimum Gasteiger partial charge on any atom is -0.462 e. The van der Waals surface area contributed by atoms with E-state index in [9.17, 15) is 27.9 Å². The number of amides is 1. The van der Waals surface area contributed by atoms with Crippen LogP contribution < -0.4 is 9.91 Å². The molecule has 11 heteroatoms. The molecular formula is C27H29F3N4O4. The number of anilines is 2. The summed E-state index contributed by atoms with van der Waals surface area (Å²) < 4.78 is 45.8. The normalized spacial score (nSPS) is 23.4. The van der Waals surface area contributed by atoms with Crippen LogP contribution in [0.4, 0.5) is 24.5 Å². The average Bonchev–Trinajstić information content (AvgIpc) is 3.14. The van der Waals surface area contributed by atoms with Gasteiger partial charge < -0.3 is 14.7 Å². The zero-order valence-electron chi connectivity index (χ0n) is 21.2. The van der Waals surface area contributed by atoms with E-state index in [1.165, 1.54) is 11.1 Å². The predicted molar refractivity (Wildman–Crippen MR) is 135 cm³/mol. The van der Waals surface area contributed by atoms with Crippen molar-refractivity contribution >= 4 is 29.0 Å². The molecule has 1 fully saturated rings. The second-order valence-corrected chi connectivity index (χ2v) is 9.79. The number of carbonyl (C=O) groups excluding carboxylic acids is 2. The lowest BCUT2D eigenvalue weighted by molar-refractivity contribution is -0.137. The van der Waals surface area contributed by atoms with Gasteiger partial charge >= 0.3 is 12.1 Å². The Morgan fingerprint density at radius 2 is 1.92 bits per heavy atom. The standard InChI is InChI=1S/C27H29F3N4O4/c1-3-38-24(36)18-4-7-21(8-5-18)34-25(37)26(17(2)31-34)15-19-14-20(27(28,29)30)6-9-22(19)33-11-10-32(12-13-35)16-23(26)33/h4-9,14,23,35H,3,10-13,15-16H2,1-2H3. The number of carbonyl (C=O) groups is 2. The monoisotopic (exact) mass is 530 g/mol. The number of halogens is 3. The molecule has 0 bridgehead atoms. The minimum absolute atomic E-state index is 0.0365. The van der Waals surface area contributed by atoms with Gasteiger partial charge in [0.15, 0.2) is 0 Å². The van der Waals surface area contributed by atoms with Gasteiger partial charge in [-0.15, -0.1) is 0 Å². The van der Waals surface area contributed by atoms with Crippen LogP contribution in [0.25, 0.3) is 0 Å². The van der Waals surface area contributed by atoms with Crippen molar-refractivity contribution in [3.63, 3.8) is 0 Å². The molecule has 2 aromatic rings. The summed E-state index contributed by atoms with van der Waals surface area (Å²) >= 11 is 0. The highest BCUT2D eigenvalue weighted by molar-refractivity contribution is 6.20. The maximum absolute atomic E-state index is 14.2. The average molecular weight is 531 g/mol. The summed E-state index contributed by atoms with van der Waals surface area (Å²) in [6.45, 7) is 5.65. The third-order valence-electron chi connectivity index (χ3n) is 7.73. The highest BCUT2D eigenvalue weighted by Gasteiger charge is 2.60. The minimum atomic E-state index is -4.51. The third-order valence-corrected chi connectivity index (χ3v) is 7.73. The highest BCUT2D eigenvalue weighted by atomic mass is 19.4. The Hall–Kier alpha value is -3.44. The number of hydrogen-bond acceptors (Lipinski definition) is 7. The topological polar surface area (TPSA) is 85.7 Å². The van der Waals surface area contributed by atoms with Gasteiger partial charge in [0.2, 0.25) is 0 Å². The smallest absolute Gasteiger partial charge is 0.416 e. The number of alkyl halides is 3. The van der Waals surface area contributed by atoms with Crippen LogP contribution in [0.2, 0.25) is 0 Å². The van der Waals surface area contributed by atoms with Crippen LogP contribution in [-0.4, -0.2) is 73.0 Å². The van der Waals surface area contributed by atoms with Crippen LogP contribution in [0.15, 0.2) is 47.6 Å². The number of benzene rings is 2. The van der Waals surface area contributed by atoms with Gasteiger partial charge in [-0.3, -0.25) is 9.69 Å². The van der Waals surface area contributed by atoms with Crippen LogP contribution in [0.1, 0.15) is 35.3 Å². The molecule has 3 aliphatic rings. The van der Waals surface area contributed by atoms with Crippen molar-refractivity contribution in [2.75, 3.05) is 49.3 Å². The van der Waals surface area contributed by atoms with Gasteiger partial charge in [-0.25, -0.2) is 4.79 Å². The fourth-order valence-electron chi connectivity index (χ4n) is 5.84. The van der Waals surface area contributed by atoms with Gasteiger partial charge in [-0.1, -0.05) is 0 Å². The van der Waals surface area contributed by atoms with Crippen LogP contribution in [-0.2, 0) is 22.1 Å². The molecule has 38 heavy (non-hydrogen) atoms. The Morgan fingerprint density at radius 3 is 2.58 bits per heavy atom. The maximum atomic E-state index is 14.2. The lowest BCUT2D eigenvalue weighted by atomic mass is 9.67. The first-order valence-electron chi connectivity index (χ1n) is 12.6. The van der Waals surface area contributed by atoms with Gasteiger partial charge in [-0.05, 0) is 68.3 Å². The summed E-state index contributed by atoms with van der Waals surface area (Å²) in [4.78, 5) is 30.4. The molecule has 5 rings (SSSR count). The third kappa shape index (κ3) is 4.23. The Kier molecular flexibility index (Phi) is 6.68. The van der Waals surface area contributed by atoms with Gasteiger partial charge in [0.25, 0.3) is 5.91 Å². The first kappa shape index (κ1) is 26.2. The van der Waals surface area contributed by atoms with E-state index in [2.05, 4.69) is 10.0 Å². The molecule has 2 atom stereocenters. The van der Waals surface area contributed by atoms with Crippen molar-refractivity contribution in [3.05, 3.63) is 59.2 Å². The number of piperazine rings is 1. The summed E-state index contributed by atoms with van der Waals surface area (Å²) in [5.41, 5.74) is 0.497. The lowest BCUT2D eigenvalue weighted by Crippen LogP contribution is -2.67. The second kappa shape index (κ2) is 9.70. The summed E-state index contributed by atoms with van der Waals surface area (Å²) in [6, 6.07) is 9.66. The molecule has 2 unspecified atom stereocenters. The summed E-state index contributed by atoms with van der Waals surface area (Å²) in [6.07, 6.45) is -4.43. The molecule has 1 saturated heterocycles. The number of aliphatic hydroxyl groups is 1. The van der Waals surface area contributed by atoms with E-state index in [-0.39, 0.29) is 31.6 Å². The van der Waals surface area contributed by atoms with Gasteiger partial charge in [0.05, 0.1) is 41.8 Å². The van der Waals surface area contributed by atoms with E-state index in [0.717, 1.165) is 12.1 Å². The van der Waals surface area contributed by atoms with Crippen LogP contribution in [0, 0.1) is 5.41 Å². The number of hydrazone groups is 1. The summed E-state index contributed by atoms with van der Waals surface area (Å²) in [7, 11) is 0. The van der Waals surface area contributed by atoms with Gasteiger partial charge in [0, 0.05) is 31.9 Å². The zero-order valence-corrected chi connectivity index (χ0v) is 21.2. The molecule has 0 radical (unpaired) electrons. The number of ether oxygens (including phenoxy) is 1. The zero-order chi connectivity index (χ0) is 27.2. The molecule has 0 aromatic heterocycles. The van der Waals surface area contributed by atoms with E-state index in [1.807, 2.05) is 4.90 Å². The first-order chi connectivity index (χ1) is 18.1. The fraction of sp³-hybridized carbons (Fsp3) is 0.444. The quantitative estimate of drug-likeness (QED) is 0.597. The number of esters is 1. The van der Waals surface area contributed by atoms with Gasteiger partial charge in [-0.2, -0.15) is 23.3 Å².